The number of nitrogens with zero attached hydrogens (tertiary/aromatic N) is 4. The Morgan fingerprint density at radius 2 is 1.80 bits per heavy atom. The van der Waals surface area contributed by atoms with Crippen molar-refractivity contribution >= 4 is 29.0 Å². The standard InChI is InChI=1S/C21H23N5O3S/c1-4-25-20(16-7-5-15(6-8-16)14(2)3)23-24-21(25)30-13-19(27)22-17-9-11-18(12-10-17)26(28)29/h5-12,14H,4,13H2,1-3H3,(H,22,27). The molecule has 0 spiro atoms. The Hall–Kier alpha value is -3.20. The average molecular weight is 426 g/mol. The van der Waals surface area contributed by atoms with Crippen LogP contribution in [0, 0.1) is 10.1 Å². The van der Waals surface area contributed by atoms with Gasteiger partial charge in [-0.3, -0.25) is 14.9 Å². The molecule has 156 valence electrons. The highest BCUT2D eigenvalue weighted by Gasteiger charge is 2.15. The number of hydrogen-bond acceptors (Lipinski definition) is 6. The van der Waals surface area contributed by atoms with Crippen LogP contribution in [0.1, 0.15) is 32.3 Å². The third-order valence-corrected chi connectivity index (χ3v) is 5.53. The SMILES string of the molecule is CCn1c(SCC(=O)Nc2ccc([N+](=O)[O-])cc2)nnc1-c1ccc(C(C)C)cc1. The normalized spacial score (nSPS) is 10.9. The fourth-order valence-electron chi connectivity index (χ4n) is 2.90. The number of nitro benzene ring substituents is 1. The maximum absolute atomic E-state index is 12.3. The van der Waals surface area contributed by atoms with Crippen LogP contribution >= 0.6 is 11.8 Å². The van der Waals surface area contributed by atoms with Gasteiger partial charge in [-0.15, -0.1) is 10.2 Å². The quantitative estimate of drug-likeness (QED) is 0.318. The first-order chi connectivity index (χ1) is 14.4. The highest BCUT2D eigenvalue weighted by Crippen LogP contribution is 2.26. The second kappa shape index (κ2) is 9.53. The lowest BCUT2D eigenvalue weighted by Gasteiger charge is -2.09. The number of aromatic nitrogens is 3. The number of non-ortho nitro benzene ring substituents is 1. The molecule has 8 nitrogen and oxygen atoms in total. The topological polar surface area (TPSA) is 103 Å². The number of rotatable bonds is 8. The smallest absolute Gasteiger partial charge is 0.269 e. The van der Waals surface area contributed by atoms with Gasteiger partial charge in [-0.05, 0) is 30.5 Å². The number of benzene rings is 2. The van der Waals surface area contributed by atoms with Gasteiger partial charge in [0.05, 0.1) is 10.7 Å². The third-order valence-electron chi connectivity index (χ3n) is 4.56. The number of anilines is 1. The number of nitrogens with one attached hydrogen (secondary N) is 1. The molecule has 0 radical (unpaired) electrons. The molecule has 3 rings (SSSR count). The molecule has 0 aliphatic heterocycles. The van der Waals surface area contributed by atoms with Crippen molar-refractivity contribution in [3.05, 3.63) is 64.2 Å². The molecular formula is C21H23N5O3S. The zero-order chi connectivity index (χ0) is 21.7. The second-order valence-electron chi connectivity index (χ2n) is 6.97. The van der Waals surface area contributed by atoms with Crippen LogP contribution < -0.4 is 5.32 Å². The summed E-state index contributed by atoms with van der Waals surface area (Å²) in [5, 5.41) is 22.7. The zero-order valence-electron chi connectivity index (χ0n) is 17.0. The maximum Gasteiger partial charge on any atom is 0.269 e. The molecule has 9 heteroatoms. The van der Waals surface area contributed by atoms with Crippen LogP contribution in [0.15, 0.2) is 53.7 Å². The second-order valence-corrected chi connectivity index (χ2v) is 7.91. The molecule has 0 aliphatic carbocycles. The number of carbonyl (C=O) groups excluding carboxylic acids is 1. The van der Waals surface area contributed by atoms with E-state index in [-0.39, 0.29) is 17.3 Å². The Bertz CT molecular complexity index is 1030. The Balaban J connectivity index is 1.65. The van der Waals surface area contributed by atoms with Gasteiger partial charge in [0, 0.05) is 29.9 Å². The summed E-state index contributed by atoms with van der Waals surface area (Å²) < 4.78 is 1.98. The minimum absolute atomic E-state index is 0.0209. The first-order valence-electron chi connectivity index (χ1n) is 9.59. The van der Waals surface area contributed by atoms with Gasteiger partial charge in [-0.1, -0.05) is 49.9 Å². The van der Waals surface area contributed by atoms with Gasteiger partial charge in [0.15, 0.2) is 11.0 Å². The number of thioether (sulfide) groups is 1. The van der Waals surface area contributed by atoms with E-state index in [2.05, 4.69) is 41.5 Å². The third kappa shape index (κ3) is 5.04. The molecule has 0 fully saturated rings. The van der Waals surface area contributed by atoms with E-state index < -0.39 is 4.92 Å². The number of hydrogen-bond donors (Lipinski definition) is 1. The summed E-state index contributed by atoms with van der Waals surface area (Å²) in [6, 6.07) is 14.0. The van der Waals surface area contributed by atoms with E-state index >= 15 is 0 Å². The van der Waals surface area contributed by atoms with Crippen LogP contribution in [-0.4, -0.2) is 31.3 Å². The van der Waals surface area contributed by atoms with Crippen LogP contribution in [0.5, 0.6) is 0 Å². The summed E-state index contributed by atoms with van der Waals surface area (Å²) in [5.74, 6) is 1.17. The molecule has 0 atom stereocenters. The van der Waals surface area contributed by atoms with Gasteiger partial charge in [0.1, 0.15) is 0 Å². The van der Waals surface area contributed by atoms with Crippen molar-refractivity contribution in [1.82, 2.24) is 14.8 Å². The Morgan fingerprint density at radius 1 is 1.13 bits per heavy atom. The largest absolute Gasteiger partial charge is 0.325 e. The van der Waals surface area contributed by atoms with E-state index in [4.69, 9.17) is 0 Å². The molecule has 1 N–H and O–H groups in total. The van der Waals surface area contributed by atoms with Crippen molar-refractivity contribution < 1.29 is 9.72 Å². The first kappa shape index (κ1) is 21.5. The van der Waals surface area contributed by atoms with E-state index in [1.807, 2.05) is 23.6 Å². The van der Waals surface area contributed by atoms with Crippen molar-refractivity contribution in [1.29, 1.82) is 0 Å². The van der Waals surface area contributed by atoms with Crippen molar-refractivity contribution in [2.75, 3.05) is 11.1 Å². The molecule has 3 aromatic rings. The van der Waals surface area contributed by atoms with Crippen LogP contribution in [0.2, 0.25) is 0 Å². The van der Waals surface area contributed by atoms with Crippen molar-refractivity contribution in [3.63, 3.8) is 0 Å². The van der Waals surface area contributed by atoms with Crippen LogP contribution in [0.3, 0.4) is 0 Å². The molecular weight excluding hydrogens is 402 g/mol. The molecule has 0 bridgehead atoms. The summed E-state index contributed by atoms with van der Waals surface area (Å²) >= 11 is 1.30. The first-order valence-corrected chi connectivity index (χ1v) is 10.6. The monoisotopic (exact) mass is 425 g/mol. The van der Waals surface area contributed by atoms with Gasteiger partial charge in [0.25, 0.3) is 5.69 Å². The molecule has 1 heterocycles. The van der Waals surface area contributed by atoms with Gasteiger partial charge in [-0.2, -0.15) is 0 Å². The zero-order valence-corrected chi connectivity index (χ0v) is 17.8. The highest BCUT2D eigenvalue weighted by atomic mass is 32.2. The van der Waals surface area contributed by atoms with E-state index in [9.17, 15) is 14.9 Å². The number of nitro groups is 1. The fraction of sp³-hybridized carbons (Fsp3) is 0.286. The molecule has 30 heavy (non-hydrogen) atoms. The van der Waals surface area contributed by atoms with E-state index in [1.54, 1.807) is 0 Å². The van der Waals surface area contributed by atoms with Gasteiger partial charge in [0.2, 0.25) is 5.91 Å². The summed E-state index contributed by atoms with van der Waals surface area (Å²) in [7, 11) is 0. The Kier molecular flexibility index (Phi) is 6.83. The Labute approximate surface area is 178 Å². The minimum Gasteiger partial charge on any atom is -0.325 e. The Morgan fingerprint density at radius 3 is 2.37 bits per heavy atom. The summed E-state index contributed by atoms with van der Waals surface area (Å²) in [6.45, 7) is 7.00. The molecule has 0 unspecified atom stereocenters. The molecule has 0 aliphatic rings. The van der Waals surface area contributed by atoms with Crippen LogP contribution in [0.25, 0.3) is 11.4 Å². The predicted octanol–water partition coefficient (Wildman–Crippen LogP) is 4.73. The molecule has 2 aromatic carbocycles. The number of carbonyl (C=O) groups is 1. The maximum atomic E-state index is 12.3. The number of amides is 1. The summed E-state index contributed by atoms with van der Waals surface area (Å²) in [6.07, 6.45) is 0. The average Bonchev–Trinajstić information content (AvgIpc) is 3.15. The lowest BCUT2D eigenvalue weighted by molar-refractivity contribution is -0.384. The fourth-order valence-corrected chi connectivity index (χ4v) is 3.71. The highest BCUT2D eigenvalue weighted by molar-refractivity contribution is 7.99. The van der Waals surface area contributed by atoms with Gasteiger partial charge >= 0.3 is 0 Å². The van der Waals surface area contributed by atoms with Crippen molar-refractivity contribution in [3.8, 4) is 11.4 Å². The summed E-state index contributed by atoms with van der Waals surface area (Å²) in [5.41, 5.74) is 2.73. The lowest BCUT2D eigenvalue weighted by Crippen LogP contribution is -2.14. The molecule has 1 amide bonds. The lowest BCUT2D eigenvalue weighted by atomic mass is 10.0. The molecule has 0 saturated carbocycles. The van der Waals surface area contributed by atoms with Gasteiger partial charge in [-0.25, -0.2) is 0 Å². The van der Waals surface area contributed by atoms with Crippen LogP contribution in [-0.2, 0) is 11.3 Å². The van der Waals surface area contributed by atoms with E-state index in [0.29, 0.717) is 23.3 Å². The van der Waals surface area contributed by atoms with E-state index in [1.165, 1.54) is 41.6 Å². The minimum atomic E-state index is -0.479. The molecule has 0 saturated heterocycles. The van der Waals surface area contributed by atoms with E-state index in [0.717, 1.165) is 11.4 Å². The molecule has 1 aromatic heterocycles. The van der Waals surface area contributed by atoms with Crippen LogP contribution in [0.4, 0.5) is 11.4 Å². The van der Waals surface area contributed by atoms with Crippen molar-refractivity contribution in [2.45, 2.75) is 38.4 Å². The predicted molar refractivity (Wildman–Crippen MR) is 118 cm³/mol. The van der Waals surface area contributed by atoms with Gasteiger partial charge < -0.3 is 9.88 Å². The summed E-state index contributed by atoms with van der Waals surface area (Å²) in [4.78, 5) is 22.5. The van der Waals surface area contributed by atoms with Crippen molar-refractivity contribution in [2.24, 2.45) is 0 Å².